The van der Waals surface area contributed by atoms with Gasteiger partial charge in [-0.2, -0.15) is 5.10 Å². The molecule has 1 heterocycles. The molecule has 1 unspecified atom stereocenters. The Morgan fingerprint density at radius 1 is 1.25 bits per heavy atom. The van der Waals surface area contributed by atoms with Crippen molar-refractivity contribution in [2.75, 3.05) is 0 Å². The Morgan fingerprint density at radius 3 is 2.60 bits per heavy atom. The molecule has 0 bridgehead atoms. The van der Waals surface area contributed by atoms with Crippen molar-refractivity contribution in [3.8, 4) is 0 Å². The van der Waals surface area contributed by atoms with Crippen LogP contribution < -0.4 is 5.73 Å². The van der Waals surface area contributed by atoms with Crippen molar-refractivity contribution in [1.29, 1.82) is 0 Å². The largest absolute Gasteiger partial charge is 0.324 e. The van der Waals surface area contributed by atoms with Crippen LogP contribution in [0.25, 0.3) is 0 Å². The number of aryl methyl sites for hydroxylation is 2. The van der Waals surface area contributed by atoms with Gasteiger partial charge in [-0.15, -0.1) is 0 Å². The van der Waals surface area contributed by atoms with Crippen LogP contribution in [0.15, 0.2) is 24.3 Å². The summed E-state index contributed by atoms with van der Waals surface area (Å²) >= 11 is 0. The molecule has 0 radical (unpaired) electrons. The molecule has 0 spiro atoms. The van der Waals surface area contributed by atoms with E-state index in [0.717, 1.165) is 30.4 Å². The molecule has 5 heteroatoms. The number of nitrogens with zero attached hydrogens (tertiary/aromatic N) is 2. The third kappa shape index (κ3) is 3.04. The zero-order valence-corrected chi connectivity index (χ0v) is 11.7. The Labute approximate surface area is 117 Å². The van der Waals surface area contributed by atoms with Gasteiger partial charge in [0.25, 0.3) is 0 Å². The van der Waals surface area contributed by atoms with Crippen LogP contribution in [0.5, 0.6) is 0 Å². The lowest BCUT2D eigenvalue weighted by Gasteiger charge is -2.13. The molecule has 2 N–H and O–H groups in total. The maximum Gasteiger partial charge on any atom is 0.130 e. The van der Waals surface area contributed by atoms with Gasteiger partial charge in [-0.3, -0.25) is 4.68 Å². The third-order valence-electron chi connectivity index (χ3n) is 3.37. The van der Waals surface area contributed by atoms with Crippen molar-refractivity contribution >= 4 is 0 Å². The molecule has 0 aliphatic rings. The number of benzene rings is 1. The molecule has 0 fully saturated rings. The molecule has 0 amide bonds. The standard InChI is InChI=1S/C15H19F2N3/c1-3-11-8-12(20(4-2)19-11)9-15(18)13-6-5-10(16)7-14(13)17/h5-8,15H,3-4,9,18H2,1-2H3. The smallest absolute Gasteiger partial charge is 0.130 e. The van der Waals surface area contributed by atoms with E-state index in [1.807, 2.05) is 24.6 Å². The number of aromatic nitrogens is 2. The first-order valence-electron chi connectivity index (χ1n) is 6.81. The summed E-state index contributed by atoms with van der Waals surface area (Å²) in [6.07, 6.45) is 1.32. The van der Waals surface area contributed by atoms with Crippen LogP contribution in [0.1, 0.15) is 36.8 Å². The molecule has 1 atom stereocenters. The first kappa shape index (κ1) is 14.7. The predicted molar refractivity (Wildman–Crippen MR) is 74.3 cm³/mol. The maximum atomic E-state index is 13.7. The third-order valence-corrected chi connectivity index (χ3v) is 3.37. The first-order valence-corrected chi connectivity index (χ1v) is 6.81. The molecule has 0 saturated carbocycles. The minimum Gasteiger partial charge on any atom is -0.324 e. The van der Waals surface area contributed by atoms with Crippen LogP contribution in [-0.4, -0.2) is 9.78 Å². The van der Waals surface area contributed by atoms with E-state index >= 15 is 0 Å². The molecule has 0 aliphatic heterocycles. The summed E-state index contributed by atoms with van der Waals surface area (Å²) in [6, 6.07) is 4.98. The maximum absolute atomic E-state index is 13.7. The fourth-order valence-corrected chi connectivity index (χ4v) is 2.26. The van der Waals surface area contributed by atoms with E-state index in [1.54, 1.807) is 0 Å². The zero-order chi connectivity index (χ0) is 14.7. The summed E-state index contributed by atoms with van der Waals surface area (Å²) in [4.78, 5) is 0. The Balaban J connectivity index is 2.22. The highest BCUT2D eigenvalue weighted by Gasteiger charge is 2.16. The van der Waals surface area contributed by atoms with E-state index in [-0.39, 0.29) is 0 Å². The Hall–Kier alpha value is -1.75. The molecule has 1 aromatic heterocycles. The van der Waals surface area contributed by atoms with Gasteiger partial charge in [0, 0.05) is 36.3 Å². The van der Waals surface area contributed by atoms with Crippen LogP contribution in [0.2, 0.25) is 0 Å². The van der Waals surface area contributed by atoms with Gasteiger partial charge in [0.05, 0.1) is 5.69 Å². The minimum absolute atomic E-state index is 0.327. The van der Waals surface area contributed by atoms with Gasteiger partial charge < -0.3 is 5.73 Å². The Bertz CT molecular complexity index is 593. The van der Waals surface area contributed by atoms with Gasteiger partial charge in [-0.1, -0.05) is 13.0 Å². The van der Waals surface area contributed by atoms with Crippen molar-refractivity contribution in [1.82, 2.24) is 9.78 Å². The monoisotopic (exact) mass is 279 g/mol. The van der Waals surface area contributed by atoms with Crippen molar-refractivity contribution in [3.05, 3.63) is 52.9 Å². The average Bonchev–Trinajstić information content (AvgIpc) is 2.80. The van der Waals surface area contributed by atoms with Crippen molar-refractivity contribution in [3.63, 3.8) is 0 Å². The Kier molecular flexibility index (Phi) is 4.49. The second-order valence-electron chi connectivity index (χ2n) is 4.77. The van der Waals surface area contributed by atoms with Crippen molar-refractivity contribution in [2.24, 2.45) is 5.73 Å². The van der Waals surface area contributed by atoms with Gasteiger partial charge >= 0.3 is 0 Å². The lowest BCUT2D eigenvalue weighted by molar-refractivity contribution is 0.540. The molecule has 108 valence electrons. The highest BCUT2D eigenvalue weighted by atomic mass is 19.1. The minimum atomic E-state index is -0.601. The summed E-state index contributed by atoms with van der Waals surface area (Å²) < 4.78 is 28.5. The lowest BCUT2D eigenvalue weighted by atomic mass is 10.0. The summed E-state index contributed by atoms with van der Waals surface area (Å²) in [5.41, 5.74) is 8.34. The van der Waals surface area contributed by atoms with E-state index in [1.165, 1.54) is 12.1 Å². The number of hydrogen-bond acceptors (Lipinski definition) is 2. The van der Waals surface area contributed by atoms with Crippen molar-refractivity contribution < 1.29 is 8.78 Å². The molecule has 20 heavy (non-hydrogen) atoms. The molecule has 3 nitrogen and oxygen atoms in total. The SMILES string of the molecule is CCc1cc(CC(N)c2ccc(F)cc2F)n(CC)n1. The summed E-state index contributed by atoms with van der Waals surface area (Å²) in [7, 11) is 0. The second-order valence-corrected chi connectivity index (χ2v) is 4.77. The quantitative estimate of drug-likeness (QED) is 0.914. The van der Waals surface area contributed by atoms with Gasteiger partial charge in [-0.05, 0) is 25.5 Å². The molecule has 1 aromatic carbocycles. The highest BCUT2D eigenvalue weighted by molar-refractivity contribution is 5.24. The van der Waals surface area contributed by atoms with Crippen LogP contribution in [0.4, 0.5) is 8.78 Å². The van der Waals surface area contributed by atoms with Gasteiger partial charge in [0.2, 0.25) is 0 Å². The summed E-state index contributed by atoms with van der Waals surface area (Å²) in [5, 5.41) is 4.44. The van der Waals surface area contributed by atoms with Crippen molar-refractivity contribution in [2.45, 2.75) is 39.3 Å². The van der Waals surface area contributed by atoms with E-state index in [4.69, 9.17) is 5.73 Å². The van der Waals surface area contributed by atoms with Crippen LogP contribution in [0, 0.1) is 11.6 Å². The zero-order valence-electron chi connectivity index (χ0n) is 11.7. The van der Waals surface area contributed by atoms with Crippen LogP contribution in [-0.2, 0) is 19.4 Å². The number of rotatable bonds is 5. The molecule has 2 rings (SSSR count). The molecule has 0 aliphatic carbocycles. The van der Waals surface area contributed by atoms with E-state index < -0.39 is 17.7 Å². The average molecular weight is 279 g/mol. The van der Waals surface area contributed by atoms with Gasteiger partial charge in [0.15, 0.2) is 0 Å². The highest BCUT2D eigenvalue weighted by Crippen LogP contribution is 2.20. The fraction of sp³-hybridized carbons (Fsp3) is 0.400. The van der Waals surface area contributed by atoms with Gasteiger partial charge in [0.1, 0.15) is 11.6 Å². The summed E-state index contributed by atoms with van der Waals surface area (Å²) in [6.45, 7) is 4.78. The van der Waals surface area contributed by atoms with Gasteiger partial charge in [-0.25, -0.2) is 8.78 Å². The fourth-order valence-electron chi connectivity index (χ4n) is 2.26. The number of nitrogens with two attached hydrogens (primary N) is 1. The first-order chi connectivity index (χ1) is 9.55. The normalized spacial score (nSPS) is 12.7. The molecule has 0 saturated heterocycles. The van der Waals surface area contributed by atoms with Crippen LogP contribution in [0.3, 0.4) is 0 Å². The van der Waals surface area contributed by atoms with E-state index in [0.29, 0.717) is 12.0 Å². The van der Waals surface area contributed by atoms with E-state index in [2.05, 4.69) is 5.10 Å². The molecular formula is C15H19F2N3. The molecule has 2 aromatic rings. The lowest BCUT2D eigenvalue weighted by Crippen LogP contribution is -2.17. The van der Waals surface area contributed by atoms with E-state index in [9.17, 15) is 8.78 Å². The Morgan fingerprint density at radius 2 is 2.00 bits per heavy atom. The summed E-state index contributed by atoms with van der Waals surface area (Å²) in [5.74, 6) is -1.19. The predicted octanol–water partition coefficient (Wildman–Crippen LogP) is 2.99. The molecular weight excluding hydrogens is 260 g/mol. The van der Waals surface area contributed by atoms with Crippen LogP contribution >= 0.6 is 0 Å². The topological polar surface area (TPSA) is 43.8 Å². The second kappa shape index (κ2) is 6.13. The number of halogens is 2. The number of hydrogen-bond donors (Lipinski definition) is 1.